The molecular formula is C82H160O17P2. The number of phosphoric acid groups is 2. The molecule has 0 rings (SSSR count). The average Bonchev–Trinajstić information content (AvgIpc) is 0.963. The van der Waals surface area contributed by atoms with E-state index < -0.39 is 97.5 Å². The largest absolute Gasteiger partial charge is 0.472 e. The van der Waals surface area contributed by atoms with Crippen molar-refractivity contribution in [2.24, 2.45) is 17.8 Å². The second kappa shape index (κ2) is 72.3. The summed E-state index contributed by atoms with van der Waals surface area (Å²) in [5, 5.41) is 10.7. The lowest BCUT2D eigenvalue weighted by Crippen LogP contribution is -2.30. The first-order valence-electron chi connectivity index (χ1n) is 42.3. The highest BCUT2D eigenvalue weighted by molar-refractivity contribution is 7.47. The van der Waals surface area contributed by atoms with Crippen LogP contribution in [0.1, 0.15) is 427 Å². The van der Waals surface area contributed by atoms with Crippen LogP contribution in [0.15, 0.2) is 0 Å². The van der Waals surface area contributed by atoms with Crippen LogP contribution in [-0.2, 0) is 65.4 Å². The third-order valence-corrected chi connectivity index (χ3v) is 21.0. The van der Waals surface area contributed by atoms with E-state index in [1.54, 1.807) is 0 Å². The van der Waals surface area contributed by atoms with Crippen molar-refractivity contribution in [1.82, 2.24) is 0 Å². The maximum atomic E-state index is 13.1. The van der Waals surface area contributed by atoms with Crippen molar-refractivity contribution in [2.75, 3.05) is 39.6 Å². The Bertz CT molecular complexity index is 1960. The minimum Gasteiger partial charge on any atom is -0.462 e. The molecule has 0 aromatic carbocycles. The quantitative estimate of drug-likeness (QED) is 0.0222. The molecule has 0 aromatic heterocycles. The molecule has 101 heavy (non-hydrogen) atoms. The van der Waals surface area contributed by atoms with Crippen molar-refractivity contribution in [3.05, 3.63) is 0 Å². The van der Waals surface area contributed by atoms with E-state index >= 15 is 0 Å². The molecule has 3 N–H and O–H groups in total. The highest BCUT2D eigenvalue weighted by Gasteiger charge is 2.30. The molecule has 0 fully saturated rings. The Morgan fingerprint density at radius 1 is 0.267 bits per heavy atom. The second-order valence-corrected chi connectivity index (χ2v) is 33.8. The number of aliphatic hydroxyl groups is 1. The Labute approximate surface area is 619 Å². The number of esters is 4. The smallest absolute Gasteiger partial charge is 0.462 e. The van der Waals surface area contributed by atoms with Gasteiger partial charge in [0, 0.05) is 25.7 Å². The maximum Gasteiger partial charge on any atom is 0.472 e. The van der Waals surface area contributed by atoms with Crippen molar-refractivity contribution in [2.45, 2.75) is 446 Å². The summed E-state index contributed by atoms with van der Waals surface area (Å²) < 4.78 is 68.8. The predicted molar refractivity (Wildman–Crippen MR) is 414 cm³/mol. The van der Waals surface area contributed by atoms with E-state index in [-0.39, 0.29) is 25.7 Å². The molecule has 600 valence electrons. The normalized spacial score (nSPS) is 14.0. The summed E-state index contributed by atoms with van der Waals surface area (Å²) in [4.78, 5) is 73.1. The zero-order chi connectivity index (χ0) is 74.4. The van der Waals surface area contributed by atoms with Crippen LogP contribution in [-0.4, -0.2) is 96.7 Å². The van der Waals surface area contributed by atoms with Crippen LogP contribution in [0.3, 0.4) is 0 Å². The van der Waals surface area contributed by atoms with Gasteiger partial charge in [-0.1, -0.05) is 376 Å². The number of hydrogen-bond acceptors (Lipinski definition) is 15. The second-order valence-electron chi connectivity index (χ2n) is 30.9. The van der Waals surface area contributed by atoms with Crippen LogP contribution >= 0.6 is 15.6 Å². The van der Waals surface area contributed by atoms with Crippen LogP contribution in [0.5, 0.6) is 0 Å². The molecule has 0 aliphatic carbocycles. The molecule has 0 radical (unpaired) electrons. The third-order valence-electron chi connectivity index (χ3n) is 19.1. The van der Waals surface area contributed by atoms with Gasteiger partial charge in [0.1, 0.15) is 19.3 Å². The van der Waals surface area contributed by atoms with Gasteiger partial charge in [-0.3, -0.25) is 37.3 Å². The first-order chi connectivity index (χ1) is 48.7. The minimum atomic E-state index is -4.96. The Hall–Kier alpha value is -1.94. The number of unbranched alkanes of at least 4 members (excludes halogenated alkanes) is 48. The number of carbonyl (C=O) groups is 4. The number of hydrogen-bond donors (Lipinski definition) is 3. The molecule has 0 spiro atoms. The Morgan fingerprint density at radius 3 is 0.673 bits per heavy atom. The molecule has 19 heteroatoms. The van der Waals surface area contributed by atoms with E-state index in [0.717, 1.165) is 108 Å². The number of ether oxygens (including phenoxy) is 4. The summed E-state index contributed by atoms with van der Waals surface area (Å²) in [5.41, 5.74) is 0. The molecule has 2 unspecified atom stereocenters. The molecule has 0 heterocycles. The van der Waals surface area contributed by atoms with E-state index in [9.17, 15) is 43.2 Å². The molecule has 0 aromatic rings. The maximum absolute atomic E-state index is 13.1. The third kappa shape index (κ3) is 76.1. The Balaban J connectivity index is 5.26. The lowest BCUT2D eigenvalue weighted by atomic mass is 10.0. The van der Waals surface area contributed by atoms with Gasteiger partial charge in [-0.25, -0.2) is 9.13 Å². The van der Waals surface area contributed by atoms with E-state index in [0.29, 0.717) is 25.7 Å². The zero-order valence-electron chi connectivity index (χ0n) is 66.4. The van der Waals surface area contributed by atoms with E-state index in [1.165, 1.54) is 238 Å². The van der Waals surface area contributed by atoms with Crippen LogP contribution in [0.4, 0.5) is 0 Å². The highest BCUT2D eigenvalue weighted by atomic mass is 31.2. The van der Waals surface area contributed by atoms with Crippen LogP contribution in [0.25, 0.3) is 0 Å². The standard InChI is InChI=1S/C82H160O17P2/c1-8-9-10-11-12-13-14-15-23-29-36-44-51-58-65-81(86)99-78(70-93-80(85)64-57-50-43-38-31-34-41-48-55-62-75(6)7)72-97-101(90,91)95-68-76(83)67-94-100(88,89)96-71-77(69-92-79(84)63-56-49-42-35-28-24-20-19-22-27-33-40-47-54-61-74(4)5)98-82(87)66-59-52-45-37-30-25-18-16-17-21-26-32-39-46-53-60-73(2)3/h73-78,83H,8-72H2,1-7H3,(H,88,89)(H,90,91)/t76-,77-,78-/m1/s1. The summed E-state index contributed by atoms with van der Waals surface area (Å²) in [6, 6.07) is 0. The van der Waals surface area contributed by atoms with Crippen LogP contribution in [0.2, 0.25) is 0 Å². The number of phosphoric ester groups is 2. The van der Waals surface area contributed by atoms with E-state index in [2.05, 4.69) is 48.5 Å². The predicted octanol–water partition coefficient (Wildman–Crippen LogP) is 24.5. The van der Waals surface area contributed by atoms with Gasteiger partial charge in [0.05, 0.1) is 26.4 Å². The van der Waals surface area contributed by atoms with Gasteiger partial charge in [0.15, 0.2) is 12.2 Å². The topological polar surface area (TPSA) is 237 Å². The monoisotopic (exact) mass is 1480 g/mol. The SMILES string of the molecule is CCCCCCCCCCCCCCCCC(=O)O[C@H](COC(=O)CCCCCCCCCCCC(C)C)COP(=O)(O)OC[C@H](O)COP(=O)(O)OC[C@@H](COC(=O)CCCCCCCCCCCCCCCCC(C)C)OC(=O)CCCCCCCCCCCCCCCCCC(C)C. The Morgan fingerprint density at radius 2 is 0.455 bits per heavy atom. The molecular weight excluding hydrogens is 1320 g/mol. The van der Waals surface area contributed by atoms with Gasteiger partial charge >= 0.3 is 39.5 Å². The average molecular weight is 1480 g/mol. The fraction of sp³-hybridized carbons (Fsp3) is 0.951. The Kier molecular flexibility index (Phi) is 70.9. The zero-order valence-corrected chi connectivity index (χ0v) is 68.2. The summed E-state index contributed by atoms with van der Waals surface area (Å²) in [5.74, 6) is 0.238. The summed E-state index contributed by atoms with van der Waals surface area (Å²) >= 11 is 0. The lowest BCUT2D eigenvalue weighted by molar-refractivity contribution is -0.161. The molecule has 0 bridgehead atoms. The van der Waals surface area contributed by atoms with Crippen molar-refractivity contribution in [3.63, 3.8) is 0 Å². The van der Waals surface area contributed by atoms with Gasteiger partial charge < -0.3 is 33.8 Å². The molecule has 0 saturated carbocycles. The van der Waals surface area contributed by atoms with Crippen molar-refractivity contribution in [1.29, 1.82) is 0 Å². The fourth-order valence-corrected chi connectivity index (χ4v) is 14.2. The molecule has 17 nitrogen and oxygen atoms in total. The first kappa shape index (κ1) is 99.1. The van der Waals surface area contributed by atoms with Crippen LogP contribution < -0.4 is 0 Å². The van der Waals surface area contributed by atoms with Gasteiger partial charge in [0.25, 0.3) is 0 Å². The molecule has 0 aliphatic heterocycles. The molecule has 5 atom stereocenters. The number of rotatable bonds is 80. The van der Waals surface area contributed by atoms with Gasteiger partial charge in [0.2, 0.25) is 0 Å². The van der Waals surface area contributed by atoms with Crippen LogP contribution in [0, 0.1) is 17.8 Å². The lowest BCUT2D eigenvalue weighted by Gasteiger charge is -2.21. The summed E-state index contributed by atoms with van der Waals surface area (Å²) in [7, 11) is -9.92. The van der Waals surface area contributed by atoms with E-state index in [4.69, 9.17) is 37.0 Å². The highest BCUT2D eigenvalue weighted by Crippen LogP contribution is 2.45. The van der Waals surface area contributed by atoms with Crippen molar-refractivity contribution in [3.8, 4) is 0 Å². The van der Waals surface area contributed by atoms with Gasteiger partial charge in [-0.05, 0) is 43.4 Å². The first-order valence-corrected chi connectivity index (χ1v) is 45.3. The molecule has 0 aliphatic rings. The minimum absolute atomic E-state index is 0.108. The number of carbonyl (C=O) groups excluding carboxylic acids is 4. The van der Waals surface area contributed by atoms with Gasteiger partial charge in [-0.15, -0.1) is 0 Å². The van der Waals surface area contributed by atoms with E-state index in [1.807, 2.05) is 0 Å². The number of aliphatic hydroxyl groups excluding tert-OH is 1. The van der Waals surface area contributed by atoms with Crippen molar-refractivity contribution >= 4 is 39.5 Å². The molecule has 0 amide bonds. The summed E-state index contributed by atoms with van der Waals surface area (Å²) in [6.07, 6.45) is 60.9. The van der Waals surface area contributed by atoms with Gasteiger partial charge in [-0.2, -0.15) is 0 Å². The summed E-state index contributed by atoms with van der Waals surface area (Å²) in [6.45, 7) is 12.0. The molecule has 0 saturated heterocycles. The fourth-order valence-electron chi connectivity index (χ4n) is 12.7. The van der Waals surface area contributed by atoms with Crippen molar-refractivity contribution < 1.29 is 80.2 Å².